The molecule has 1 fully saturated rings. The fourth-order valence-corrected chi connectivity index (χ4v) is 5.06. The Morgan fingerprint density at radius 2 is 1.65 bits per heavy atom. The van der Waals surface area contributed by atoms with Gasteiger partial charge in [-0.3, -0.25) is 9.59 Å². The number of fused-ring (bicyclic) bond motifs is 1. The number of carbonyl (C=O) groups excluding carboxylic acids is 3. The summed E-state index contributed by atoms with van der Waals surface area (Å²) >= 11 is 0. The van der Waals surface area contributed by atoms with Crippen LogP contribution in [0.15, 0.2) is 83.5 Å². The Morgan fingerprint density at radius 1 is 0.950 bits per heavy atom. The van der Waals surface area contributed by atoms with Crippen molar-refractivity contribution in [3.05, 3.63) is 107 Å². The Hall–Kier alpha value is -4.66. The van der Waals surface area contributed by atoms with Crippen LogP contribution in [-0.2, 0) is 14.3 Å². The summed E-state index contributed by atoms with van der Waals surface area (Å²) in [6, 6.07) is 18.0. The minimum atomic E-state index is -0.784. The molecule has 3 aromatic rings. The summed E-state index contributed by atoms with van der Waals surface area (Å²) in [6.07, 6.45) is 4.90. The van der Waals surface area contributed by atoms with Crippen molar-refractivity contribution in [2.75, 3.05) is 13.2 Å². The topological polar surface area (TPSA) is 85.3 Å². The third-order valence-corrected chi connectivity index (χ3v) is 6.93. The monoisotopic (exact) mass is 544 g/mol. The number of allylic oxidation sites excluding steroid dienone is 1. The number of aldehydes is 1. The first kappa shape index (κ1) is 26.9. The first-order valence-corrected chi connectivity index (χ1v) is 12.9. The number of benzene rings is 3. The maximum Gasteiger partial charge on any atom is 0.344 e. The van der Waals surface area contributed by atoms with Gasteiger partial charge in [0, 0.05) is 5.92 Å². The predicted molar refractivity (Wildman–Crippen MR) is 143 cm³/mol. The number of hydrogen-bond acceptors (Lipinski definition) is 6. The second kappa shape index (κ2) is 12.0. The van der Waals surface area contributed by atoms with Gasteiger partial charge in [-0.25, -0.2) is 18.6 Å². The Bertz CT molecular complexity index is 1470. The SMILES string of the molecule is O=Cc1ccccc1OCC(=O)OCC(=O)N1N=C2C(=Cc3ccc(F)cc3)CCCC2C1c1ccc(F)cc1. The third kappa shape index (κ3) is 5.98. The number of esters is 1. The zero-order valence-electron chi connectivity index (χ0n) is 21.5. The summed E-state index contributed by atoms with van der Waals surface area (Å²) in [6.45, 7) is -1.06. The van der Waals surface area contributed by atoms with Gasteiger partial charge >= 0.3 is 5.97 Å². The molecule has 1 aliphatic carbocycles. The van der Waals surface area contributed by atoms with E-state index < -0.39 is 36.9 Å². The highest BCUT2D eigenvalue weighted by molar-refractivity contribution is 6.08. The molecule has 40 heavy (non-hydrogen) atoms. The van der Waals surface area contributed by atoms with Crippen molar-refractivity contribution in [1.82, 2.24) is 5.01 Å². The molecule has 9 heteroatoms. The number of hydrazone groups is 1. The lowest BCUT2D eigenvalue weighted by Crippen LogP contribution is -2.35. The van der Waals surface area contributed by atoms with Crippen molar-refractivity contribution in [3.8, 4) is 5.75 Å². The fourth-order valence-electron chi connectivity index (χ4n) is 5.06. The summed E-state index contributed by atoms with van der Waals surface area (Å²) < 4.78 is 37.7. The highest BCUT2D eigenvalue weighted by Crippen LogP contribution is 2.44. The molecule has 1 amide bonds. The van der Waals surface area contributed by atoms with Crippen molar-refractivity contribution < 1.29 is 32.6 Å². The summed E-state index contributed by atoms with van der Waals surface area (Å²) in [5.41, 5.74) is 3.48. The molecule has 2 aliphatic rings. The van der Waals surface area contributed by atoms with Crippen LogP contribution in [0.4, 0.5) is 8.78 Å². The lowest BCUT2D eigenvalue weighted by Gasteiger charge is -2.29. The van der Waals surface area contributed by atoms with Crippen molar-refractivity contribution in [2.45, 2.75) is 25.3 Å². The van der Waals surface area contributed by atoms with E-state index in [1.54, 1.807) is 48.5 Å². The van der Waals surface area contributed by atoms with Crippen LogP contribution in [0, 0.1) is 17.6 Å². The molecule has 0 N–H and O–H groups in total. The fraction of sp³-hybridized carbons (Fsp3) is 0.226. The van der Waals surface area contributed by atoms with Crippen LogP contribution in [0.25, 0.3) is 6.08 Å². The van der Waals surface area contributed by atoms with Crippen LogP contribution >= 0.6 is 0 Å². The second-order valence-corrected chi connectivity index (χ2v) is 9.54. The molecule has 5 rings (SSSR count). The van der Waals surface area contributed by atoms with Crippen molar-refractivity contribution >= 4 is 30.0 Å². The zero-order valence-corrected chi connectivity index (χ0v) is 21.5. The zero-order chi connectivity index (χ0) is 28.1. The van der Waals surface area contributed by atoms with Crippen LogP contribution in [-0.4, -0.2) is 42.1 Å². The number of carbonyl (C=O) groups is 3. The van der Waals surface area contributed by atoms with E-state index in [-0.39, 0.29) is 23.0 Å². The second-order valence-electron chi connectivity index (χ2n) is 9.54. The Kier molecular flexibility index (Phi) is 8.10. The number of nitrogens with zero attached hydrogens (tertiary/aromatic N) is 2. The molecule has 0 spiro atoms. The maximum atomic E-state index is 13.7. The molecule has 0 saturated heterocycles. The molecule has 3 aromatic carbocycles. The molecule has 7 nitrogen and oxygen atoms in total. The van der Waals surface area contributed by atoms with E-state index in [0.717, 1.165) is 36.1 Å². The standard InChI is InChI=1S/C31H26F2N2O5/c32-24-12-8-20(9-13-24)16-22-5-3-6-26-30(22)34-35(31(26)21-10-14-25(33)15-11-21)28(37)18-40-29(38)19-39-27-7-2-1-4-23(27)17-36/h1-2,4,7-17,26,31H,3,5-6,18-19H2. The quantitative estimate of drug-likeness (QED) is 0.275. The van der Waals surface area contributed by atoms with E-state index in [0.29, 0.717) is 11.8 Å². The lowest BCUT2D eigenvalue weighted by molar-refractivity contribution is -0.154. The average molecular weight is 545 g/mol. The maximum absolute atomic E-state index is 13.7. The number of rotatable bonds is 8. The first-order valence-electron chi connectivity index (χ1n) is 12.9. The molecular formula is C31H26F2N2O5. The van der Waals surface area contributed by atoms with Crippen LogP contribution in [0.5, 0.6) is 5.75 Å². The van der Waals surface area contributed by atoms with E-state index in [9.17, 15) is 23.2 Å². The normalized spacial score (nSPS) is 19.1. The minimum Gasteiger partial charge on any atom is -0.481 e. The molecule has 2 unspecified atom stereocenters. The summed E-state index contributed by atoms with van der Waals surface area (Å²) in [7, 11) is 0. The summed E-state index contributed by atoms with van der Waals surface area (Å²) in [4.78, 5) is 36.8. The minimum absolute atomic E-state index is 0.145. The molecule has 2 atom stereocenters. The largest absolute Gasteiger partial charge is 0.481 e. The van der Waals surface area contributed by atoms with Gasteiger partial charge in [-0.15, -0.1) is 0 Å². The molecule has 0 radical (unpaired) electrons. The number of ether oxygens (including phenoxy) is 2. The molecule has 1 heterocycles. The third-order valence-electron chi connectivity index (χ3n) is 6.93. The van der Waals surface area contributed by atoms with E-state index in [1.807, 2.05) is 6.08 Å². The average Bonchev–Trinajstić information content (AvgIpc) is 3.37. The van der Waals surface area contributed by atoms with Gasteiger partial charge in [-0.2, -0.15) is 5.10 Å². The van der Waals surface area contributed by atoms with Crippen molar-refractivity contribution in [2.24, 2.45) is 11.0 Å². The van der Waals surface area contributed by atoms with E-state index in [1.165, 1.54) is 29.3 Å². The van der Waals surface area contributed by atoms with Crippen molar-refractivity contribution in [3.63, 3.8) is 0 Å². The smallest absolute Gasteiger partial charge is 0.344 e. The van der Waals surface area contributed by atoms with Gasteiger partial charge in [0.05, 0.1) is 17.3 Å². The first-order chi connectivity index (χ1) is 19.4. The van der Waals surface area contributed by atoms with Gasteiger partial charge in [0.15, 0.2) is 19.5 Å². The van der Waals surface area contributed by atoms with E-state index in [4.69, 9.17) is 9.47 Å². The van der Waals surface area contributed by atoms with Gasteiger partial charge in [0.25, 0.3) is 5.91 Å². The molecule has 1 saturated carbocycles. The van der Waals surface area contributed by atoms with Crippen LogP contribution < -0.4 is 4.74 Å². The van der Waals surface area contributed by atoms with Gasteiger partial charge < -0.3 is 9.47 Å². The van der Waals surface area contributed by atoms with Crippen LogP contribution in [0.2, 0.25) is 0 Å². The highest BCUT2D eigenvalue weighted by Gasteiger charge is 2.43. The van der Waals surface area contributed by atoms with Crippen LogP contribution in [0.3, 0.4) is 0 Å². The molecule has 0 aromatic heterocycles. The van der Waals surface area contributed by atoms with Gasteiger partial charge in [-0.05, 0) is 78.4 Å². The Morgan fingerprint density at radius 3 is 2.38 bits per heavy atom. The number of hydrogen-bond donors (Lipinski definition) is 0. The molecular weight excluding hydrogens is 518 g/mol. The van der Waals surface area contributed by atoms with Gasteiger partial charge in [0.1, 0.15) is 17.4 Å². The van der Waals surface area contributed by atoms with E-state index >= 15 is 0 Å². The Balaban J connectivity index is 1.34. The predicted octanol–water partition coefficient (Wildman–Crippen LogP) is 5.52. The Labute approximate surface area is 229 Å². The van der Waals surface area contributed by atoms with Gasteiger partial charge in [-0.1, -0.05) is 36.4 Å². The highest BCUT2D eigenvalue weighted by atomic mass is 19.1. The molecule has 0 bridgehead atoms. The van der Waals surface area contributed by atoms with Gasteiger partial charge in [0.2, 0.25) is 0 Å². The number of para-hydroxylation sites is 1. The van der Waals surface area contributed by atoms with Crippen LogP contribution in [0.1, 0.15) is 46.8 Å². The summed E-state index contributed by atoms with van der Waals surface area (Å²) in [5.74, 6) is -1.97. The van der Waals surface area contributed by atoms with E-state index in [2.05, 4.69) is 5.10 Å². The van der Waals surface area contributed by atoms with Crippen molar-refractivity contribution in [1.29, 1.82) is 0 Å². The number of halogens is 2. The molecule has 204 valence electrons. The lowest BCUT2D eigenvalue weighted by atomic mass is 9.77. The number of amides is 1. The summed E-state index contributed by atoms with van der Waals surface area (Å²) in [5, 5.41) is 5.99. The molecule has 1 aliphatic heterocycles.